The molecular formula is C27H29N3O3S. The Hall–Kier alpha value is -3.45. The number of unbranched alkanes of at least 4 members (excludes halogenated alkanes) is 2. The summed E-state index contributed by atoms with van der Waals surface area (Å²) in [6.07, 6.45) is 4.98. The van der Waals surface area contributed by atoms with Crippen molar-refractivity contribution in [3.63, 3.8) is 0 Å². The van der Waals surface area contributed by atoms with Crippen LogP contribution in [0.2, 0.25) is 0 Å². The molecule has 2 heterocycles. The van der Waals surface area contributed by atoms with Crippen molar-refractivity contribution >= 4 is 32.6 Å². The molecule has 0 radical (unpaired) electrons. The molecule has 1 amide bonds. The molecule has 0 spiro atoms. The number of amides is 1. The van der Waals surface area contributed by atoms with Gasteiger partial charge in [0.2, 0.25) is 0 Å². The van der Waals surface area contributed by atoms with E-state index in [9.17, 15) is 4.79 Å². The summed E-state index contributed by atoms with van der Waals surface area (Å²) in [5, 5.41) is 0.604. The Morgan fingerprint density at radius 2 is 1.97 bits per heavy atom. The van der Waals surface area contributed by atoms with Gasteiger partial charge in [-0.3, -0.25) is 14.7 Å². The van der Waals surface area contributed by atoms with Crippen molar-refractivity contribution < 1.29 is 14.3 Å². The standard InChI is InChI=1S/C27H29N3O3S/c1-4-5-8-16-33-22-12-9-10-20(17-22)26(31)30(18-21-11-6-7-15-28-21)27-29-24-23(32-3)14-13-19(2)25(24)34-27/h6-7,9-15,17H,4-5,8,16,18H2,1-3H3. The first-order valence-corrected chi connectivity index (χ1v) is 12.3. The van der Waals surface area contributed by atoms with E-state index in [1.165, 1.54) is 11.3 Å². The number of carbonyl (C=O) groups excluding carboxylic acids is 1. The minimum atomic E-state index is -0.152. The van der Waals surface area contributed by atoms with Crippen molar-refractivity contribution in [1.29, 1.82) is 0 Å². The van der Waals surface area contributed by atoms with Crippen molar-refractivity contribution in [2.24, 2.45) is 0 Å². The van der Waals surface area contributed by atoms with Gasteiger partial charge in [0.15, 0.2) is 5.13 Å². The van der Waals surface area contributed by atoms with Crippen LogP contribution in [0.5, 0.6) is 11.5 Å². The summed E-state index contributed by atoms with van der Waals surface area (Å²) in [6, 6.07) is 17.0. The van der Waals surface area contributed by atoms with Gasteiger partial charge in [-0.2, -0.15) is 0 Å². The van der Waals surface area contributed by atoms with E-state index in [-0.39, 0.29) is 5.91 Å². The van der Waals surface area contributed by atoms with Gasteiger partial charge in [-0.15, -0.1) is 0 Å². The SMILES string of the molecule is CCCCCOc1cccc(C(=O)N(Cc2ccccn2)c2nc3c(OC)ccc(C)c3s2)c1. The maximum atomic E-state index is 13.8. The number of nitrogens with zero attached hydrogens (tertiary/aromatic N) is 3. The fourth-order valence-electron chi connectivity index (χ4n) is 3.68. The topological polar surface area (TPSA) is 64.5 Å². The molecule has 0 aliphatic carbocycles. The van der Waals surface area contributed by atoms with Gasteiger partial charge in [0.05, 0.1) is 30.7 Å². The maximum Gasteiger partial charge on any atom is 0.260 e. The average Bonchev–Trinajstić information content (AvgIpc) is 3.32. The molecule has 176 valence electrons. The van der Waals surface area contributed by atoms with Crippen LogP contribution in [0.3, 0.4) is 0 Å². The van der Waals surface area contributed by atoms with E-state index in [0.717, 1.165) is 40.7 Å². The molecule has 0 atom stereocenters. The zero-order valence-corrected chi connectivity index (χ0v) is 20.6. The van der Waals surface area contributed by atoms with Crippen molar-refractivity contribution in [3.8, 4) is 11.5 Å². The third-order valence-corrected chi connectivity index (χ3v) is 6.75. The first kappa shape index (κ1) is 23.7. The van der Waals surface area contributed by atoms with Gasteiger partial charge < -0.3 is 9.47 Å². The van der Waals surface area contributed by atoms with Gasteiger partial charge in [-0.05, 0) is 55.3 Å². The van der Waals surface area contributed by atoms with E-state index >= 15 is 0 Å². The number of methoxy groups -OCH3 is 1. The molecule has 0 saturated heterocycles. The third-order valence-electron chi connectivity index (χ3n) is 5.53. The second-order valence-corrected chi connectivity index (χ2v) is 9.03. The van der Waals surface area contributed by atoms with E-state index in [2.05, 4.69) is 11.9 Å². The van der Waals surface area contributed by atoms with Crippen LogP contribution in [0.15, 0.2) is 60.8 Å². The Kier molecular flexibility index (Phi) is 7.75. The molecule has 6 nitrogen and oxygen atoms in total. The number of fused-ring (bicyclic) bond motifs is 1. The average molecular weight is 476 g/mol. The van der Waals surface area contributed by atoms with Crippen molar-refractivity contribution in [2.45, 2.75) is 39.7 Å². The monoisotopic (exact) mass is 475 g/mol. The summed E-state index contributed by atoms with van der Waals surface area (Å²) < 4.78 is 12.4. The normalized spacial score (nSPS) is 10.9. The zero-order valence-electron chi connectivity index (χ0n) is 19.8. The molecule has 7 heteroatoms. The van der Waals surface area contributed by atoms with Crippen LogP contribution < -0.4 is 14.4 Å². The number of hydrogen-bond donors (Lipinski definition) is 0. The number of thiazole rings is 1. The van der Waals surface area contributed by atoms with E-state index in [1.54, 1.807) is 24.3 Å². The maximum absolute atomic E-state index is 13.8. The summed E-state index contributed by atoms with van der Waals surface area (Å²) in [5.74, 6) is 1.23. The summed E-state index contributed by atoms with van der Waals surface area (Å²) in [5.41, 5.74) is 3.18. The largest absolute Gasteiger partial charge is 0.494 e. The zero-order chi connectivity index (χ0) is 23.9. The van der Waals surface area contributed by atoms with Crippen LogP contribution in [0.25, 0.3) is 10.2 Å². The molecular weight excluding hydrogens is 446 g/mol. The number of carbonyl (C=O) groups is 1. The number of aryl methyl sites for hydroxylation is 1. The molecule has 0 aliphatic heterocycles. The van der Waals surface area contributed by atoms with Gasteiger partial charge in [-0.25, -0.2) is 4.98 Å². The van der Waals surface area contributed by atoms with Gasteiger partial charge in [0.25, 0.3) is 5.91 Å². The molecule has 4 rings (SSSR count). The first-order chi connectivity index (χ1) is 16.6. The summed E-state index contributed by atoms with van der Waals surface area (Å²) in [7, 11) is 1.63. The quantitative estimate of drug-likeness (QED) is 0.248. The predicted octanol–water partition coefficient (Wildman–Crippen LogP) is 6.42. The molecule has 4 aromatic rings. The van der Waals surface area contributed by atoms with Crippen LogP contribution in [0.1, 0.15) is 47.8 Å². The van der Waals surface area contributed by atoms with E-state index in [1.807, 2.05) is 55.5 Å². The number of pyridine rings is 1. The van der Waals surface area contributed by atoms with Gasteiger partial charge in [-0.1, -0.05) is 49.3 Å². The Bertz CT molecular complexity index is 1260. The number of ether oxygens (including phenoxy) is 2. The smallest absolute Gasteiger partial charge is 0.260 e. The lowest BCUT2D eigenvalue weighted by molar-refractivity contribution is 0.0984. The highest BCUT2D eigenvalue weighted by molar-refractivity contribution is 7.22. The molecule has 2 aromatic carbocycles. The van der Waals surface area contributed by atoms with Gasteiger partial charge in [0, 0.05) is 11.8 Å². The Labute approximate surface area is 204 Å². The van der Waals surface area contributed by atoms with Crippen LogP contribution in [0.4, 0.5) is 5.13 Å². The van der Waals surface area contributed by atoms with Crippen molar-refractivity contribution in [2.75, 3.05) is 18.6 Å². The van der Waals surface area contributed by atoms with E-state index in [0.29, 0.717) is 35.3 Å². The fraction of sp³-hybridized carbons (Fsp3) is 0.296. The highest BCUT2D eigenvalue weighted by Crippen LogP contribution is 2.37. The minimum Gasteiger partial charge on any atom is -0.494 e. The number of anilines is 1. The second-order valence-electron chi connectivity index (χ2n) is 8.05. The summed E-state index contributed by atoms with van der Waals surface area (Å²) >= 11 is 1.48. The Morgan fingerprint density at radius 3 is 2.74 bits per heavy atom. The van der Waals surface area contributed by atoms with Crippen LogP contribution in [-0.4, -0.2) is 29.6 Å². The number of hydrogen-bond acceptors (Lipinski definition) is 6. The van der Waals surface area contributed by atoms with Crippen LogP contribution in [0, 0.1) is 6.92 Å². The van der Waals surface area contributed by atoms with Gasteiger partial charge in [0.1, 0.15) is 17.0 Å². The lowest BCUT2D eigenvalue weighted by atomic mass is 10.2. The number of aromatic nitrogens is 2. The van der Waals surface area contributed by atoms with Crippen molar-refractivity contribution in [1.82, 2.24) is 9.97 Å². The van der Waals surface area contributed by atoms with E-state index in [4.69, 9.17) is 14.5 Å². The molecule has 0 aliphatic rings. The number of benzene rings is 2. The molecule has 0 bridgehead atoms. The predicted molar refractivity (Wildman–Crippen MR) is 137 cm³/mol. The minimum absolute atomic E-state index is 0.152. The van der Waals surface area contributed by atoms with Crippen LogP contribution in [-0.2, 0) is 6.54 Å². The Balaban J connectivity index is 1.69. The first-order valence-electron chi connectivity index (χ1n) is 11.5. The van der Waals surface area contributed by atoms with E-state index < -0.39 is 0 Å². The lowest BCUT2D eigenvalue weighted by Crippen LogP contribution is -2.30. The molecule has 0 N–H and O–H groups in total. The molecule has 0 fully saturated rings. The molecule has 0 unspecified atom stereocenters. The van der Waals surface area contributed by atoms with Crippen LogP contribution >= 0.6 is 11.3 Å². The number of rotatable bonds is 10. The highest BCUT2D eigenvalue weighted by atomic mass is 32.1. The third kappa shape index (κ3) is 5.37. The van der Waals surface area contributed by atoms with Gasteiger partial charge >= 0.3 is 0 Å². The summed E-state index contributed by atoms with van der Waals surface area (Å²) in [4.78, 5) is 24.7. The fourth-order valence-corrected chi connectivity index (χ4v) is 4.72. The summed E-state index contributed by atoms with van der Waals surface area (Å²) in [6.45, 7) is 5.14. The molecule has 0 saturated carbocycles. The molecule has 2 aromatic heterocycles. The van der Waals surface area contributed by atoms with Crippen molar-refractivity contribution in [3.05, 3.63) is 77.6 Å². The molecule has 34 heavy (non-hydrogen) atoms. The second kappa shape index (κ2) is 11.1. The Morgan fingerprint density at radius 1 is 1.09 bits per heavy atom. The lowest BCUT2D eigenvalue weighted by Gasteiger charge is -2.20. The highest BCUT2D eigenvalue weighted by Gasteiger charge is 2.24.